The highest BCUT2D eigenvalue weighted by atomic mass is 16.8. The summed E-state index contributed by atoms with van der Waals surface area (Å²) in [7, 11) is 0. The lowest BCUT2D eigenvalue weighted by atomic mass is 10.0. The Morgan fingerprint density at radius 3 is 2.69 bits per heavy atom. The molecule has 2 fully saturated rings. The summed E-state index contributed by atoms with van der Waals surface area (Å²) in [5.74, 6) is -0.639. The molecule has 0 saturated carbocycles. The quantitative estimate of drug-likeness (QED) is 0.606. The summed E-state index contributed by atoms with van der Waals surface area (Å²) >= 11 is 0. The predicted octanol–water partition coefficient (Wildman–Crippen LogP) is 0.634. The van der Waals surface area contributed by atoms with Gasteiger partial charge in [-0.3, -0.25) is 0 Å². The van der Waals surface area contributed by atoms with E-state index >= 15 is 0 Å². The van der Waals surface area contributed by atoms with Crippen molar-refractivity contribution in [3.8, 4) is 0 Å². The van der Waals surface area contributed by atoms with Crippen molar-refractivity contribution >= 4 is 0 Å². The van der Waals surface area contributed by atoms with Crippen molar-refractivity contribution in [2.75, 3.05) is 0 Å². The summed E-state index contributed by atoms with van der Waals surface area (Å²) in [6.07, 6.45) is -0.565. The first kappa shape index (κ1) is 9.40. The monoisotopic (exact) mass is 188 g/mol. The van der Waals surface area contributed by atoms with Gasteiger partial charge in [-0.25, -0.2) is 0 Å². The summed E-state index contributed by atoms with van der Waals surface area (Å²) in [6, 6.07) is 0. The summed E-state index contributed by atoms with van der Waals surface area (Å²) in [4.78, 5) is 0. The average Bonchev–Trinajstić information content (AvgIpc) is 2.23. The average molecular weight is 188 g/mol. The summed E-state index contributed by atoms with van der Waals surface area (Å²) in [6.45, 7) is 5.58. The van der Waals surface area contributed by atoms with Gasteiger partial charge in [0.05, 0.1) is 12.2 Å². The second-order valence-electron chi connectivity index (χ2n) is 4.22. The van der Waals surface area contributed by atoms with Gasteiger partial charge in [0.1, 0.15) is 6.10 Å². The molecule has 76 valence electrons. The number of aliphatic hydroxyl groups excluding tert-OH is 1. The van der Waals surface area contributed by atoms with E-state index in [-0.39, 0.29) is 12.2 Å². The van der Waals surface area contributed by atoms with Gasteiger partial charge in [-0.05, 0) is 20.8 Å². The Labute approximate surface area is 77.8 Å². The number of hydrogen-bond acceptors (Lipinski definition) is 4. The third-order valence-electron chi connectivity index (χ3n) is 2.41. The lowest BCUT2D eigenvalue weighted by molar-refractivity contribution is -0.214. The first-order valence-corrected chi connectivity index (χ1v) is 4.67. The van der Waals surface area contributed by atoms with E-state index in [1.54, 1.807) is 0 Å². The molecule has 4 heteroatoms. The van der Waals surface area contributed by atoms with E-state index in [4.69, 9.17) is 14.2 Å². The van der Waals surface area contributed by atoms with E-state index in [1.165, 1.54) is 0 Å². The van der Waals surface area contributed by atoms with E-state index in [9.17, 15) is 5.11 Å². The van der Waals surface area contributed by atoms with Crippen molar-refractivity contribution in [2.45, 2.75) is 57.6 Å². The van der Waals surface area contributed by atoms with E-state index in [1.807, 2.05) is 20.8 Å². The lowest BCUT2D eigenvalue weighted by Crippen LogP contribution is -2.45. The van der Waals surface area contributed by atoms with Crippen molar-refractivity contribution in [2.24, 2.45) is 0 Å². The molecule has 0 aromatic rings. The Bertz CT molecular complexity index is 204. The van der Waals surface area contributed by atoms with Crippen molar-refractivity contribution < 1.29 is 19.3 Å². The molecule has 0 bridgehead atoms. The molecule has 13 heavy (non-hydrogen) atoms. The number of rotatable bonds is 0. The molecule has 0 amide bonds. The number of hydrogen-bond donors (Lipinski definition) is 1. The second kappa shape index (κ2) is 2.92. The maximum absolute atomic E-state index is 9.70. The highest BCUT2D eigenvalue weighted by Gasteiger charge is 2.49. The van der Waals surface area contributed by atoms with E-state index in [2.05, 4.69) is 0 Å². The van der Waals surface area contributed by atoms with Crippen LogP contribution >= 0.6 is 0 Å². The molecule has 0 aromatic carbocycles. The van der Waals surface area contributed by atoms with Gasteiger partial charge < -0.3 is 19.3 Å². The first-order valence-electron chi connectivity index (χ1n) is 4.67. The van der Waals surface area contributed by atoms with Crippen molar-refractivity contribution in [1.82, 2.24) is 0 Å². The van der Waals surface area contributed by atoms with Gasteiger partial charge in [-0.1, -0.05) is 0 Å². The molecule has 4 nitrogen and oxygen atoms in total. The van der Waals surface area contributed by atoms with Crippen molar-refractivity contribution in [3.63, 3.8) is 0 Å². The van der Waals surface area contributed by atoms with E-state index in [0.29, 0.717) is 6.42 Å². The minimum absolute atomic E-state index is 0.0359. The molecule has 0 aromatic heterocycles. The van der Waals surface area contributed by atoms with Gasteiger partial charge in [0.15, 0.2) is 12.1 Å². The minimum atomic E-state index is -0.639. The van der Waals surface area contributed by atoms with Gasteiger partial charge in [0.2, 0.25) is 0 Å². The van der Waals surface area contributed by atoms with Gasteiger partial charge in [0, 0.05) is 6.42 Å². The fraction of sp³-hybridized carbons (Fsp3) is 1.00. The largest absolute Gasteiger partial charge is 0.390 e. The van der Waals surface area contributed by atoms with Crippen LogP contribution in [-0.2, 0) is 14.2 Å². The molecule has 2 saturated heterocycles. The second-order valence-corrected chi connectivity index (χ2v) is 4.22. The molecule has 4 unspecified atom stereocenters. The highest BCUT2D eigenvalue weighted by Crippen LogP contribution is 2.35. The lowest BCUT2D eigenvalue weighted by Gasteiger charge is -2.31. The summed E-state index contributed by atoms with van der Waals surface area (Å²) in [5.41, 5.74) is 0. The third kappa shape index (κ3) is 1.72. The molecule has 2 aliphatic heterocycles. The molecule has 4 atom stereocenters. The molecular formula is C9H16O4. The molecule has 1 N–H and O–H groups in total. The Morgan fingerprint density at radius 2 is 2.00 bits per heavy atom. The van der Waals surface area contributed by atoms with Gasteiger partial charge in [-0.2, -0.15) is 0 Å². The smallest absolute Gasteiger partial charge is 0.189 e. The molecular weight excluding hydrogens is 172 g/mol. The fourth-order valence-corrected chi connectivity index (χ4v) is 1.88. The van der Waals surface area contributed by atoms with Crippen LogP contribution in [0.3, 0.4) is 0 Å². The first-order chi connectivity index (χ1) is 5.98. The van der Waals surface area contributed by atoms with Crippen LogP contribution in [0.1, 0.15) is 27.2 Å². The Hall–Kier alpha value is -0.160. The molecule has 0 radical (unpaired) electrons. The Balaban J connectivity index is 2.10. The van der Waals surface area contributed by atoms with Crippen LogP contribution in [0.25, 0.3) is 0 Å². The topological polar surface area (TPSA) is 47.9 Å². The van der Waals surface area contributed by atoms with Gasteiger partial charge in [0.25, 0.3) is 0 Å². The standard InChI is InChI=1S/C9H16O4/c1-5-4-6(10)7-8(11-5)13-9(2,3)12-7/h5-8,10H,4H2,1-3H3. The van der Waals surface area contributed by atoms with Gasteiger partial charge in [-0.15, -0.1) is 0 Å². The zero-order valence-corrected chi connectivity index (χ0v) is 8.19. The van der Waals surface area contributed by atoms with Crippen LogP contribution in [0.2, 0.25) is 0 Å². The zero-order chi connectivity index (χ0) is 9.64. The van der Waals surface area contributed by atoms with Crippen LogP contribution in [0.4, 0.5) is 0 Å². The van der Waals surface area contributed by atoms with E-state index < -0.39 is 18.2 Å². The van der Waals surface area contributed by atoms with Crippen molar-refractivity contribution in [1.29, 1.82) is 0 Å². The minimum Gasteiger partial charge on any atom is -0.390 e. The normalized spacial score (nSPS) is 48.9. The molecule has 0 aliphatic carbocycles. The van der Waals surface area contributed by atoms with Crippen LogP contribution in [-0.4, -0.2) is 35.5 Å². The van der Waals surface area contributed by atoms with Crippen LogP contribution < -0.4 is 0 Å². The predicted molar refractivity (Wildman–Crippen MR) is 45.0 cm³/mol. The van der Waals surface area contributed by atoms with Crippen molar-refractivity contribution in [3.05, 3.63) is 0 Å². The molecule has 2 aliphatic rings. The van der Waals surface area contributed by atoms with Crippen LogP contribution in [0.15, 0.2) is 0 Å². The molecule has 2 rings (SSSR count). The third-order valence-corrected chi connectivity index (χ3v) is 2.41. The molecule has 0 spiro atoms. The van der Waals surface area contributed by atoms with Crippen LogP contribution in [0, 0.1) is 0 Å². The Morgan fingerprint density at radius 1 is 1.31 bits per heavy atom. The fourth-order valence-electron chi connectivity index (χ4n) is 1.88. The van der Waals surface area contributed by atoms with Crippen LogP contribution in [0.5, 0.6) is 0 Å². The zero-order valence-electron chi connectivity index (χ0n) is 8.19. The SMILES string of the molecule is CC1CC(O)C2OC(C)(C)OC2O1. The summed E-state index contributed by atoms with van der Waals surface area (Å²) < 4.78 is 16.5. The number of ether oxygens (including phenoxy) is 3. The summed E-state index contributed by atoms with van der Waals surface area (Å²) in [5, 5.41) is 9.70. The highest BCUT2D eigenvalue weighted by molar-refractivity contribution is 4.86. The van der Waals surface area contributed by atoms with Gasteiger partial charge >= 0.3 is 0 Å². The number of aliphatic hydroxyl groups is 1. The number of fused-ring (bicyclic) bond motifs is 1. The van der Waals surface area contributed by atoms with E-state index in [0.717, 1.165) is 0 Å². The molecule has 2 heterocycles. The Kier molecular flexibility index (Phi) is 2.11. The maximum Gasteiger partial charge on any atom is 0.189 e. The maximum atomic E-state index is 9.70.